The van der Waals surface area contributed by atoms with Gasteiger partial charge in [-0.3, -0.25) is 37.3 Å². The van der Waals surface area contributed by atoms with Crippen LogP contribution in [0.25, 0.3) is 0 Å². The zero-order valence-corrected chi connectivity index (χ0v) is 66.7. The number of rotatable bonds is 74. The van der Waals surface area contributed by atoms with Gasteiger partial charge in [0.05, 0.1) is 26.4 Å². The minimum Gasteiger partial charge on any atom is -0.462 e. The number of carbonyl (C=O) groups excluding carboxylic acids is 4. The summed E-state index contributed by atoms with van der Waals surface area (Å²) >= 11 is 0. The summed E-state index contributed by atoms with van der Waals surface area (Å²) in [5.74, 6) is -2.25. The molecule has 0 aliphatic rings. The monoisotopic (exact) mass is 1500 g/mol. The van der Waals surface area contributed by atoms with E-state index < -0.39 is 97.5 Å². The van der Waals surface area contributed by atoms with Crippen molar-refractivity contribution in [3.63, 3.8) is 0 Å². The van der Waals surface area contributed by atoms with Crippen LogP contribution in [0, 0.1) is 0 Å². The van der Waals surface area contributed by atoms with E-state index in [1.54, 1.807) is 0 Å². The molecule has 0 heterocycles. The van der Waals surface area contributed by atoms with Crippen LogP contribution >= 0.6 is 15.6 Å². The van der Waals surface area contributed by atoms with Crippen molar-refractivity contribution in [1.29, 1.82) is 0 Å². The molecule has 0 aromatic heterocycles. The zero-order valence-electron chi connectivity index (χ0n) is 64.9. The number of aliphatic hydroxyl groups excluding tert-OH is 1. The molecule has 0 saturated carbocycles. The normalized spacial score (nSPS) is 14.6. The highest BCUT2D eigenvalue weighted by atomic mass is 31.2. The molecule has 594 valence electrons. The predicted molar refractivity (Wildman–Crippen MR) is 427 cm³/mol. The van der Waals surface area contributed by atoms with E-state index in [1.807, 2.05) is 0 Å². The molecule has 0 bridgehead atoms. The molecule has 0 aliphatic carbocycles. The summed E-state index contributed by atoms with van der Waals surface area (Å²) in [5, 5.41) is 10.6. The average Bonchev–Trinajstić information content (AvgIpc) is 0.911. The number of phosphoric ester groups is 2. The number of aliphatic hydroxyl groups is 1. The third-order valence-electron chi connectivity index (χ3n) is 16.3. The highest BCUT2D eigenvalue weighted by Gasteiger charge is 2.30. The summed E-state index contributed by atoms with van der Waals surface area (Å²) in [7, 11) is -9.98. The SMILES string of the molecule is CC/C=C\C/C=C\C/C=C\C/C=C\C/C=C\CCCCCC(=O)OCC(COP(=O)(O)OCC(O)COP(=O)(O)OCC(COC(=O)CCCCCCC/C=C\C/C=C\C/C=C\CC)OC(=O)CCCCCCCCCCCCCCC)OC(=O)CCCCCC/C=C\C/C=C\C/C=C\C/C=C\CC. The quantitative estimate of drug-likeness (QED) is 0.0169. The van der Waals surface area contributed by atoms with Crippen molar-refractivity contribution in [2.45, 2.75) is 329 Å². The molecule has 0 aliphatic heterocycles. The smallest absolute Gasteiger partial charge is 0.462 e. The molecule has 0 fully saturated rings. The van der Waals surface area contributed by atoms with Crippen LogP contribution < -0.4 is 0 Å². The molecule has 0 aromatic rings. The Morgan fingerprint density at radius 3 is 0.779 bits per heavy atom. The Morgan fingerprint density at radius 2 is 0.500 bits per heavy atom. The van der Waals surface area contributed by atoms with Gasteiger partial charge in [-0.05, 0) is 141 Å². The highest BCUT2D eigenvalue weighted by molar-refractivity contribution is 7.47. The molecule has 19 heteroatoms. The fraction of sp³-hybridized carbons (Fsp3) is 0.671. The van der Waals surface area contributed by atoms with Crippen LogP contribution in [0.4, 0.5) is 0 Å². The maximum Gasteiger partial charge on any atom is 0.472 e. The van der Waals surface area contributed by atoms with Gasteiger partial charge in [0, 0.05) is 25.7 Å². The molecule has 0 amide bonds. The Kier molecular flexibility index (Phi) is 72.4. The summed E-state index contributed by atoms with van der Waals surface area (Å²) in [6.45, 7) is 4.46. The maximum absolute atomic E-state index is 13.1. The number of ether oxygens (including phenoxy) is 4. The fourth-order valence-electron chi connectivity index (χ4n) is 10.3. The van der Waals surface area contributed by atoms with E-state index in [-0.39, 0.29) is 25.7 Å². The van der Waals surface area contributed by atoms with Crippen LogP contribution in [0.1, 0.15) is 310 Å². The molecule has 5 atom stereocenters. The number of hydrogen-bond acceptors (Lipinski definition) is 15. The third kappa shape index (κ3) is 75.2. The summed E-state index contributed by atoms with van der Waals surface area (Å²) in [6, 6.07) is 0. The van der Waals surface area contributed by atoms with Crippen molar-refractivity contribution in [1.82, 2.24) is 0 Å². The molecule has 3 N–H and O–H groups in total. The molecular weight excluding hydrogens is 1350 g/mol. The van der Waals surface area contributed by atoms with Gasteiger partial charge >= 0.3 is 39.5 Å². The predicted octanol–water partition coefficient (Wildman–Crippen LogP) is 23.4. The van der Waals surface area contributed by atoms with Gasteiger partial charge in [0.2, 0.25) is 0 Å². The van der Waals surface area contributed by atoms with Crippen molar-refractivity contribution in [2.75, 3.05) is 39.6 Å². The molecule has 0 aromatic carbocycles. The first-order valence-corrected chi connectivity index (χ1v) is 43.1. The minimum atomic E-state index is -5.00. The van der Waals surface area contributed by atoms with Gasteiger partial charge in [0.25, 0.3) is 0 Å². The zero-order chi connectivity index (χ0) is 76.0. The Morgan fingerprint density at radius 1 is 0.279 bits per heavy atom. The van der Waals surface area contributed by atoms with Gasteiger partial charge in [-0.25, -0.2) is 9.13 Å². The number of hydrogen-bond donors (Lipinski definition) is 3. The summed E-state index contributed by atoms with van der Waals surface area (Å²) in [4.78, 5) is 73.0. The number of unbranched alkanes of at least 4 members (excludes halogenated alkanes) is 24. The first kappa shape index (κ1) is 98.9. The van der Waals surface area contributed by atoms with E-state index in [4.69, 9.17) is 37.0 Å². The Balaban J connectivity index is 5.43. The Labute approximate surface area is 630 Å². The molecule has 0 radical (unpaired) electrons. The van der Waals surface area contributed by atoms with Gasteiger partial charge in [-0.15, -0.1) is 0 Å². The van der Waals surface area contributed by atoms with Crippen LogP contribution in [0.3, 0.4) is 0 Å². The average molecular weight is 1500 g/mol. The van der Waals surface area contributed by atoms with Crippen molar-refractivity contribution < 1.29 is 80.2 Å². The first-order valence-electron chi connectivity index (χ1n) is 40.1. The van der Waals surface area contributed by atoms with Gasteiger partial charge in [-0.1, -0.05) is 289 Å². The van der Waals surface area contributed by atoms with Crippen LogP contribution in [0.5, 0.6) is 0 Å². The number of esters is 4. The summed E-state index contributed by atoms with van der Waals surface area (Å²) in [6.07, 6.45) is 86.8. The lowest BCUT2D eigenvalue weighted by Crippen LogP contribution is -2.30. The standard InChI is InChI=1S/C85H142O17P2/c1-5-9-13-17-21-25-29-33-36-38-39-41-43-47-50-54-58-62-66-70-83(88)96-76-81(102-85(90)72-68-64-60-56-52-48-44-40-37-34-30-26-22-18-14-10-6-2)78-100-104(93,94)98-74-79(86)73-97-103(91,92)99-77-80(101-84(89)71-67-63-59-55-51-45-32-28-24-20-16-12-8-4)75-95-82(87)69-65-61-57-53-49-46-42-35-31-27-23-19-15-11-7-3/h9-11,13-15,21-23,25-27,33-37,39,41-42,44,47-48,50,79-81,86H,5-8,12,16-20,24,28-32,38,40,43,45-46,49,51-78H2,1-4H3,(H,91,92)(H,93,94)/b13-9-,14-10-,15-11-,25-21-,26-22-,27-23-,36-33-,37-34-,41-39-,42-35-,48-44-,50-47-. The second-order valence-corrected chi connectivity index (χ2v) is 29.1. The molecule has 104 heavy (non-hydrogen) atoms. The molecule has 0 rings (SSSR count). The summed E-state index contributed by atoms with van der Waals surface area (Å²) < 4.78 is 68.6. The Hall–Kier alpha value is -5.06. The van der Waals surface area contributed by atoms with E-state index in [2.05, 4.69) is 174 Å². The molecular formula is C85H142O17P2. The lowest BCUT2D eigenvalue weighted by molar-refractivity contribution is -0.161. The van der Waals surface area contributed by atoms with Gasteiger partial charge in [0.15, 0.2) is 12.2 Å². The van der Waals surface area contributed by atoms with Gasteiger partial charge in [-0.2, -0.15) is 0 Å². The topological polar surface area (TPSA) is 237 Å². The molecule has 17 nitrogen and oxygen atoms in total. The maximum atomic E-state index is 13.1. The van der Waals surface area contributed by atoms with Gasteiger partial charge in [0.1, 0.15) is 19.3 Å². The van der Waals surface area contributed by atoms with Crippen molar-refractivity contribution in [3.8, 4) is 0 Å². The van der Waals surface area contributed by atoms with E-state index in [9.17, 15) is 43.2 Å². The van der Waals surface area contributed by atoms with Crippen LogP contribution in [-0.2, 0) is 65.4 Å². The molecule has 0 spiro atoms. The highest BCUT2D eigenvalue weighted by Crippen LogP contribution is 2.45. The second kappa shape index (κ2) is 76.1. The van der Waals surface area contributed by atoms with Crippen molar-refractivity contribution >= 4 is 39.5 Å². The van der Waals surface area contributed by atoms with E-state index >= 15 is 0 Å². The van der Waals surface area contributed by atoms with Crippen molar-refractivity contribution in [3.05, 3.63) is 146 Å². The van der Waals surface area contributed by atoms with Crippen molar-refractivity contribution in [2.24, 2.45) is 0 Å². The number of carbonyl (C=O) groups is 4. The summed E-state index contributed by atoms with van der Waals surface area (Å²) in [5.41, 5.74) is 0. The van der Waals surface area contributed by atoms with Gasteiger partial charge < -0.3 is 33.8 Å². The number of allylic oxidation sites excluding steroid dienone is 24. The largest absolute Gasteiger partial charge is 0.472 e. The third-order valence-corrected chi connectivity index (χ3v) is 18.2. The lowest BCUT2D eigenvalue weighted by Gasteiger charge is -2.21. The van der Waals surface area contributed by atoms with Crippen LogP contribution in [0.15, 0.2) is 146 Å². The first-order chi connectivity index (χ1) is 50.7. The van der Waals surface area contributed by atoms with E-state index in [0.29, 0.717) is 25.7 Å². The van der Waals surface area contributed by atoms with E-state index in [0.717, 1.165) is 180 Å². The lowest BCUT2D eigenvalue weighted by atomic mass is 10.0. The Bertz CT molecular complexity index is 2540. The van der Waals surface area contributed by atoms with E-state index in [1.165, 1.54) is 51.4 Å². The number of phosphoric acid groups is 2. The molecule has 0 saturated heterocycles. The van der Waals surface area contributed by atoms with Crippen LogP contribution in [-0.4, -0.2) is 96.7 Å². The second-order valence-electron chi connectivity index (χ2n) is 26.2. The molecule has 5 unspecified atom stereocenters. The van der Waals surface area contributed by atoms with Crippen LogP contribution in [0.2, 0.25) is 0 Å². The fourth-order valence-corrected chi connectivity index (χ4v) is 11.9. The minimum absolute atomic E-state index is 0.0549.